The molecule has 27 heteroatoms. The number of benzene rings is 10. The largest absolute Gasteiger partial charge is 0.416 e. The van der Waals surface area contributed by atoms with Crippen LogP contribution >= 0.6 is 0 Å². The maximum Gasteiger partial charge on any atom is 0.416 e. The topological polar surface area (TPSA) is 33.6 Å². The van der Waals surface area contributed by atoms with Gasteiger partial charge in [0.2, 0.25) is 0 Å². The zero-order valence-corrected chi connectivity index (χ0v) is 48.2. The summed E-state index contributed by atoms with van der Waals surface area (Å²) in [5.41, 5.74) is -18.2. The average molecular weight is 1370 g/mol. The van der Waals surface area contributed by atoms with Gasteiger partial charge in [0.15, 0.2) is 0 Å². The van der Waals surface area contributed by atoms with E-state index in [0.29, 0.717) is 48.5 Å². The molecule has 10 aromatic carbocycles. The summed E-state index contributed by atoms with van der Waals surface area (Å²) < 4.78 is 348. The Morgan fingerprint density at radius 3 is 0.753 bits per heavy atom. The Morgan fingerprint density at radius 1 is 0.247 bits per heavy atom. The summed E-state index contributed by atoms with van der Waals surface area (Å²) in [6, 6.07) is 26.4. The molecule has 2 heterocycles. The van der Waals surface area contributed by atoms with E-state index in [0.717, 1.165) is 72.8 Å². The van der Waals surface area contributed by atoms with Gasteiger partial charge in [-0.1, -0.05) is 42.5 Å². The van der Waals surface area contributed by atoms with Crippen molar-refractivity contribution in [1.82, 2.24) is 9.13 Å². The fourth-order valence-electron chi connectivity index (χ4n) is 11.9. The Kier molecular flexibility index (Phi) is 15.5. The first kappa shape index (κ1) is 66.6. The maximum absolute atomic E-state index is 14.7. The van der Waals surface area contributed by atoms with Gasteiger partial charge in [0, 0.05) is 21.5 Å². The second-order valence-corrected chi connectivity index (χ2v) is 22.6. The highest BCUT2D eigenvalue weighted by Gasteiger charge is 2.41. The Hall–Kier alpha value is -10.4. The van der Waals surface area contributed by atoms with Crippen molar-refractivity contribution in [2.24, 2.45) is 0 Å². The number of hydrogen-bond acceptors (Lipinski definition) is 1. The second kappa shape index (κ2) is 22.6. The predicted molar refractivity (Wildman–Crippen MR) is 312 cm³/mol. The van der Waals surface area contributed by atoms with Crippen LogP contribution in [0.1, 0.15) is 55.6 Å². The van der Waals surface area contributed by atoms with Crippen LogP contribution in [0.15, 0.2) is 182 Å². The van der Waals surface area contributed by atoms with Gasteiger partial charge in [-0.15, -0.1) is 0 Å². The Balaban J connectivity index is 1.21. The highest BCUT2D eigenvalue weighted by atomic mass is 19.4. The van der Waals surface area contributed by atoms with E-state index in [1.807, 2.05) is 6.07 Å². The van der Waals surface area contributed by atoms with E-state index in [2.05, 4.69) is 0 Å². The lowest BCUT2D eigenvalue weighted by molar-refractivity contribution is -0.144. The van der Waals surface area contributed by atoms with Crippen molar-refractivity contribution in [3.8, 4) is 73.1 Å². The Bertz CT molecular complexity index is 5020. The standard InChI is InChI=1S/C70H33F24N3/c1-33-13-39(16-45(14-33)64(74,75)76)35-5-9-57-52(23-35)53-24-36(40-17-46(65(77,78)79)29-47(18-40)66(80,81)82)6-10-58(53)96(57)61-27-43(34-3-2-4-44(15-34)63(71,72)73)28-62(56(61)32-95)97-59-11-7-37(41-19-48(67(83,84)85)30-49(20-41)68(86,87)88)25-54(59)55-26-38(8-12-60(55)97)42-21-50(69(89,90)91)31-51(22-42)70(92,93)94/h2-31H,1H3. The average Bonchev–Trinajstić information content (AvgIpc) is 1.58. The predicted octanol–water partition coefficient (Wildman–Crippen LogP) is 24.5. The third-order valence-corrected chi connectivity index (χ3v) is 16.2. The van der Waals surface area contributed by atoms with Crippen molar-refractivity contribution >= 4 is 43.6 Å². The second-order valence-electron chi connectivity index (χ2n) is 22.6. The van der Waals surface area contributed by atoms with E-state index in [9.17, 15) is 111 Å². The summed E-state index contributed by atoms with van der Waals surface area (Å²) >= 11 is 0. The lowest BCUT2D eigenvalue weighted by Crippen LogP contribution is -2.11. The van der Waals surface area contributed by atoms with E-state index in [4.69, 9.17) is 0 Å². The molecule has 0 saturated carbocycles. The van der Waals surface area contributed by atoms with Gasteiger partial charge in [-0.3, -0.25) is 0 Å². The monoisotopic (exact) mass is 1370 g/mol. The van der Waals surface area contributed by atoms with Crippen LogP contribution in [0.2, 0.25) is 0 Å². The normalized spacial score (nSPS) is 13.2. The third-order valence-electron chi connectivity index (χ3n) is 16.2. The molecule has 12 aromatic rings. The van der Waals surface area contributed by atoms with E-state index in [1.165, 1.54) is 58.5 Å². The molecule has 0 aliphatic carbocycles. The molecule has 12 rings (SSSR count). The highest BCUT2D eigenvalue weighted by Crippen LogP contribution is 2.49. The molecular formula is C70H33F24N3. The third kappa shape index (κ3) is 12.6. The number of fused-ring (bicyclic) bond motifs is 6. The van der Waals surface area contributed by atoms with Gasteiger partial charge in [0.1, 0.15) is 11.6 Å². The van der Waals surface area contributed by atoms with Crippen molar-refractivity contribution in [3.63, 3.8) is 0 Å². The number of alkyl halides is 24. The van der Waals surface area contributed by atoms with Gasteiger partial charge in [-0.05, 0) is 208 Å². The molecule has 0 spiro atoms. The van der Waals surface area contributed by atoms with Crippen molar-refractivity contribution in [1.29, 1.82) is 5.26 Å². The lowest BCUT2D eigenvalue weighted by atomic mass is 9.96. The van der Waals surface area contributed by atoms with Gasteiger partial charge < -0.3 is 9.13 Å². The lowest BCUT2D eigenvalue weighted by Gasteiger charge is -2.19. The molecule has 97 heavy (non-hydrogen) atoms. The van der Waals surface area contributed by atoms with Gasteiger partial charge in [-0.25, -0.2) is 0 Å². The number of hydrogen-bond donors (Lipinski definition) is 0. The quantitative estimate of drug-likeness (QED) is 0.146. The molecule has 0 aliphatic heterocycles. The highest BCUT2D eigenvalue weighted by molar-refractivity contribution is 6.14. The van der Waals surface area contributed by atoms with Gasteiger partial charge >= 0.3 is 49.4 Å². The number of nitriles is 1. The first-order chi connectivity index (χ1) is 44.9. The van der Waals surface area contributed by atoms with E-state index < -0.39 is 127 Å². The summed E-state index contributed by atoms with van der Waals surface area (Å²) in [5.74, 6) is 0. The van der Waals surface area contributed by atoms with Crippen LogP contribution in [0.4, 0.5) is 105 Å². The van der Waals surface area contributed by atoms with Crippen molar-refractivity contribution < 1.29 is 105 Å². The molecule has 3 nitrogen and oxygen atoms in total. The molecule has 0 saturated heterocycles. The fraction of sp³-hybridized carbons (Fsp3) is 0.129. The molecule has 0 aliphatic rings. The molecule has 0 amide bonds. The first-order valence-corrected chi connectivity index (χ1v) is 28.0. The summed E-state index contributed by atoms with van der Waals surface area (Å²) in [4.78, 5) is 0. The van der Waals surface area contributed by atoms with Crippen LogP contribution < -0.4 is 0 Å². The number of aromatic nitrogens is 2. The smallest absolute Gasteiger partial charge is 0.308 e. The summed E-state index contributed by atoms with van der Waals surface area (Å²) in [6.45, 7) is 1.35. The zero-order chi connectivity index (χ0) is 70.4. The Morgan fingerprint density at radius 2 is 0.485 bits per heavy atom. The molecule has 0 N–H and O–H groups in total. The number of aryl methyl sites for hydroxylation is 1. The van der Waals surface area contributed by atoms with Gasteiger partial charge in [-0.2, -0.15) is 111 Å². The molecule has 0 radical (unpaired) electrons. The van der Waals surface area contributed by atoms with Gasteiger partial charge in [0.05, 0.1) is 77.9 Å². The number of rotatable bonds is 7. The Labute approximate surface area is 528 Å². The van der Waals surface area contributed by atoms with Crippen LogP contribution in [-0.4, -0.2) is 9.13 Å². The molecule has 0 fully saturated rings. The molecule has 0 atom stereocenters. The summed E-state index contributed by atoms with van der Waals surface area (Å²) in [6.07, 6.45) is -42.2. The van der Waals surface area contributed by atoms with Crippen LogP contribution in [0, 0.1) is 18.3 Å². The van der Waals surface area contributed by atoms with Crippen molar-refractivity contribution in [2.75, 3.05) is 0 Å². The number of nitrogens with zero attached hydrogens (tertiary/aromatic N) is 3. The van der Waals surface area contributed by atoms with E-state index >= 15 is 0 Å². The maximum atomic E-state index is 14.7. The van der Waals surface area contributed by atoms with Crippen LogP contribution in [0.25, 0.3) is 111 Å². The van der Waals surface area contributed by atoms with E-state index in [-0.39, 0.29) is 107 Å². The molecule has 0 bridgehead atoms. The minimum atomic E-state index is -5.40. The van der Waals surface area contributed by atoms with Crippen molar-refractivity contribution in [3.05, 3.63) is 238 Å². The van der Waals surface area contributed by atoms with Crippen LogP contribution in [-0.2, 0) is 49.4 Å². The molecule has 0 unspecified atom stereocenters. The summed E-state index contributed by atoms with van der Waals surface area (Å²) in [5, 5.41) is 11.1. The van der Waals surface area contributed by atoms with Crippen LogP contribution in [0.3, 0.4) is 0 Å². The summed E-state index contributed by atoms with van der Waals surface area (Å²) in [7, 11) is 0. The van der Waals surface area contributed by atoms with E-state index in [1.54, 1.807) is 0 Å². The minimum Gasteiger partial charge on any atom is -0.308 e. The van der Waals surface area contributed by atoms with Gasteiger partial charge in [0.25, 0.3) is 0 Å². The number of halogens is 24. The van der Waals surface area contributed by atoms with Crippen molar-refractivity contribution in [2.45, 2.75) is 56.3 Å². The SMILES string of the molecule is Cc1cc(-c2ccc3c(c2)c2cc(-c4cc(C(F)(F)F)cc(C(F)(F)F)c4)ccc2n3-c2cc(-c3cccc(C(F)(F)F)c3)cc(-n3c4ccc(-c5cc(C(F)(F)F)cc(C(F)(F)F)c5)cc4c4cc(-c5cc(C(F)(F)F)cc(C(F)(F)F)c5)ccc43)c2C#N)cc(C(F)(F)F)c1. The molecule has 2 aromatic heterocycles. The van der Waals surface area contributed by atoms with Crippen LogP contribution in [0.5, 0.6) is 0 Å². The minimum absolute atomic E-state index is 0.0224. The zero-order valence-electron chi connectivity index (χ0n) is 48.2. The first-order valence-electron chi connectivity index (χ1n) is 28.0. The fourth-order valence-corrected chi connectivity index (χ4v) is 11.9. The molecular weight excluding hydrogens is 1340 g/mol. The molecule has 496 valence electrons.